The molecule has 0 spiro atoms. The molecular formula is C7H7Cl2N3O2S. The molecular weight excluding hydrogens is 261 g/mol. The molecule has 0 unspecified atom stereocenters. The molecule has 0 saturated heterocycles. The van der Waals surface area contributed by atoms with Gasteiger partial charge in [-0.25, -0.2) is 18.4 Å². The van der Waals surface area contributed by atoms with Gasteiger partial charge in [-0.1, -0.05) is 29.3 Å². The molecule has 1 heterocycles. The third-order valence-electron chi connectivity index (χ3n) is 1.35. The van der Waals surface area contributed by atoms with Crippen molar-refractivity contribution in [3.63, 3.8) is 0 Å². The Labute approximate surface area is 97.2 Å². The van der Waals surface area contributed by atoms with Crippen molar-refractivity contribution < 1.29 is 8.42 Å². The summed E-state index contributed by atoms with van der Waals surface area (Å²) in [5.74, 6) is -0.242. The topological polar surface area (TPSA) is 72.0 Å². The highest BCUT2D eigenvalue weighted by Crippen LogP contribution is 2.26. The molecule has 0 amide bonds. The predicted octanol–water partition coefficient (Wildman–Crippen LogP) is 1.71. The minimum Gasteiger partial charge on any atom is -0.277 e. The molecule has 1 N–H and O–H groups in total. The van der Waals surface area contributed by atoms with E-state index in [4.69, 9.17) is 23.2 Å². The molecule has 82 valence electrons. The van der Waals surface area contributed by atoms with Gasteiger partial charge in [0, 0.05) is 0 Å². The van der Waals surface area contributed by atoms with Gasteiger partial charge in [-0.2, -0.15) is 0 Å². The Bertz CT molecular complexity index is 455. The maximum absolute atomic E-state index is 11.3. The van der Waals surface area contributed by atoms with Crippen molar-refractivity contribution in [2.45, 2.75) is 0 Å². The van der Waals surface area contributed by atoms with Gasteiger partial charge in [0.1, 0.15) is 12.0 Å². The second-order valence-electron chi connectivity index (χ2n) is 2.50. The van der Waals surface area contributed by atoms with Crippen LogP contribution in [0, 0.1) is 0 Å². The highest BCUT2D eigenvalue weighted by atomic mass is 35.5. The molecule has 0 saturated carbocycles. The fraction of sp³-hybridized carbons (Fsp3) is 0.143. The van der Waals surface area contributed by atoms with Crippen LogP contribution in [-0.4, -0.2) is 24.1 Å². The number of aromatic nitrogens is 2. The van der Waals surface area contributed by atoms with Gasteiger partial charge in [0.25, 0.3) is 0 Å². The molecule has 0 bridgehead atoms. The van der Waals surface area contributed by atoms with Gasteiger partial charge in [-0.3, -0.25) is 4.72 Å². The molecule has 0 aliphatic carbocycles. The van der Waals surface area contributed by atoms with Gasteiger partial charge < -0.3 is 0 Å². The van der Waals surface area contributed by atoms with E-state index in [1.54, 1.807) is 0 Å². The molecule has 15 heavy (non-hydrogen) atoms. The first-order valence-electron chi connectivity index (χ1n) is 3.73. The molecule has 0 aliphatic rings. The molecule has 1 aromatic rings. The van der Waals surface area contributed by atoms with E-state index in [1.165, 1.54) is 6.08 Å². The molecule has 0 fully saturated rings. The van der Waals surface area contributed by atoms with Crippen molar-refractivity contribution in [1.29, 1.82) is 0 Å². The first-order chi connectivity index (χ1) is 6.96. The summed E-state index contributed by atoms with van der Waals surface area (Å²) in [5.41, 5.74) is -0.0253. The minimum atomic E-state index is -3.55. The highest BCUT2D eigenvalue weighted by molar-refractivity contribution is 7.92. The fourth-order valence-corrected chi connectivity index (χ4v) is 2.20. The monoisotopic (exact) mass is 267 g/mol. The Kier molecular flexibility index (Phi) is 3.90. The number of halogens is 2. The molecule has 0 radical (unpaired) electrons. The number of hydrogen-bond acceptors (Lipinski definition) is 4. The van der Waals surface area contributed by atoms with Crippen molar-refractivity contribution in [3.8, 4) is 0 Å². The highest BCUT2D eigenvalue weighted by Gasteiger charge is 2.14. The van der Waals surface area contributed by atoms with Gasteiger partial charge in [0.05, 0.1) is 5.75 Å². The summed E-state index contributed by atoms with van der Waals surface area (Å²) in [7, 11) is -3.55. The van der Waals surface area contributed by atoms with Gasteiger partial charge in [-0.05, 0) is 0 Å². The summed E-state index contributed by atoms with van der Waals surface area (Å²) >= 11 is 11.3. The molecule has 1 aromatic heterocycles. The molecule has 0 aromatic carbocycles. The van der Waals surface area contributed by atoms with Crippen LogP contribution in [0.2, 0.25) is 10.3 Å². The first kappa shape index (κ1) is 12.2. The van der Waals surface area contributed by atoms with E-state index in [2.05, 4.69) is 21.3 Å². The van der Waals surface area contributed by atoms with E-state index in [-0.39, 0.29) is 21.7 Å². The predicted molar refractivity (Wildman–Crippen MR) is 59.7 cm³/mol. The lowest BCUT2D eigenvalue weighted by atomic mass is 10.6. The van der Waals surface area contributed by atoms with E-state index < -0.39 is 10.0 Å². The Morgan fingerprint density at radius 2 is 1.93 bits per heavy atom. The van der Waals surface area contributed by atoms with E-state index >= 15 is 0 Å². The van der Waals surface area contributed by atoms with E-state index in [1.807, 2.05) is 0 Å². The zero-order chi connectivity index (χ0) is 11.5. The molecule has 0 aliphatic heterocycles. The zero-order valence-electron chi connectivity index (χ0n) is 7.44. The normalized spacial score (nSPS) is 11.1. The smallest absolute Gasteiger partial charge is 0.236 e. The number of nitrogens with one attached hydrogen (secondary N) is 1. The SMILES string of the molecule is C=CCS(=O)(=O)Nc1c(Cl)ncnc1Cl. The fourth-order valence-electron chi connectivity index (χ4n) is 0.781. The number of sulfonamides is 1. The van der Waals surface area contributed by atoms with Gasteiger partial charge in [-0.15, -0.1) is 6.58 Å². The zero-order valence-corrected chi connectivity index (χ0v) is 9.77. The summed E-state index contributed by atoms with van der Waals surface area (Å²) < 4.78 is 24.9. The van der Waals surface area contributed by atoms with Crippen LogP contribution in [0.15, 0.2) is 19.0 Å². The maximum Gasteiger partial charge on any atom is 0.236 e. The summed E-state index contributed by atoms with van der Waals surface area (Å²) in [4.78, 5) is 7.20. The van der Waals surface area contributed by atoms with Crippen LogP contribution in [0.3, 0.4) is 0 Å². The molecule has 0 atom stereocenters. The van der Waals surface area contributed by atoms with E-state index in [0.29, 0.717) is 0 Å². The van der Waals surface area contributed by atoms with Gasteiger partial charge >= 0.3 is 0 Å². The summed E-state index contributed by atoms with van der Waals surface area (Å²) in [5, 5.41) is -0.106. The van der Waals surface area contributed by atoms with Gasteiger partial charge in [0.2, 0.25) is 10.0 Å². The number of nitrogens with zero attached hydrogens (tertiary/aromatic N) is 2. The second-order valence-corrected chi connectivity index (χ2v) is 4.99. The third kappa shape index (κ3) is 3.33. The third-order valence-corrected chi connectivity index (χ3v) is 3.11. The number of hydrogen-bond donors (Lipinski definition) is 1. The molecule has 1 rings (SSSR count). The van der Waals surface area contributed by atoms with E-state index in [0.717, 1.165) is 6.33 Å². The van der Waals surface area contributed by atoms with Crippen molar-refractivity contribution in [1.82, 2.24) is 9.97 Å². The Morgan fingerprint density at radius 3 is 2.40 bits per heavy atom. The second kappa shape index (κ2) is 4.78. The van der Waals surface area contributed by atoms with Gasteiger partial charge in [0.15, 0.2) is 10.3 Å². The summed E-state index contributed by atoms with van der Waals surface area (Å²) in [6.07, 6.45) is 2.38. The van der Waals surface area contributed by atoms with Crippen LogP contribution < -0.4 is 4.72 Å². The Hall–Kier alpha value is -0.850. The van der Waals surface area contributed by atoms with Crippen molar-refractivity contribution >= 4 is 38.9 Å². The summed E-state index contributed by atoms with van der Waals surface area (Å²) in [6, 6.07) is 0. The average Bonchev–Trinajstić information content (AvgIpc) is 2.11. The maximum atomic E-state index is 11.3. The minimum absolute atomic E-state index is 0.0253. The summed E-state index contributed by atoms with van der Waals surface area (Å²) in [6.45, 7) is 3.32. The lowest BCUT2D eigenvalue weighted by Gasteiger charge is -2.07. The Morgan fingerprint density at radius 1 is 1.40 bits per heavy atom. The van der Waals surface area contributed by atoms with Crippen molar-refractivity contribution in [2.75, 3.05) is 10.5 Å². The van der Waals surface area contributed by atoms with Crippen LogP contribution in [0.25, 0.3) is 0 Å². The number of anilines is 1. The Balaban J connectivity index is 3.04. The largest absolute Gasteiger partial charge is 0.277 e. The van der Waals surface area contributed by atoms with Crippen LogP contribution in [-0.2, 0) is 10.0 Å². The van der Waals surface area contributed by atoms with E-state index in [9.17, 15) is 8.42 Å². The van der Waals surface area contributed by atoms with Crippen LogP contribution in [0.5, 0.6) is 0 Å². The van der Waals surface area contributed by atoms with Crippen LogP contribution in [0.4, 0.5) is 5.69 Å². The average molecular weight is 268 g/mol. The molecule has 5 nitrogen and oxygen atoms in total. The van der Waals surface area contributed by atoms with Crippen LogP contribution >= 0.6 is 23.2 Å². The lowest BCUT2D eigenvalue weighted by Crippen LogP contribution is -2.16. The van der Waals surface area contributed by atoms with Crippen molar-refractivity contribution in [3.05, 3.63) is 29.3 Å². The first-order valence-corrected chi connectivity index (χ1v) is 6.14. The van der Waals surface area contributed by atoms with Crippen LogP contribution in [0.1, 0.15) is 0 Å². The van der Waals surface area contributed by atoms with Crippen molar-refractivity contribution in [2.24, 2.45) is 0 Å². The lowest BCUT2D eigenvalue weighted by molar-refractivity contribution is 0.604. The molecule has 8 heteroatoms. The quantitative estimate of drug-likeness (QED) is 0.666. The standard InChI is InChI=1S/C7H7Cl2N3O2S/c1-2-3-15(13,14)12-5-6(8)10-4-11-7(5)9/h2,4,12H,1,3H2. The number of rotatable bonds is 4.